The number of rotatable bonds is 3. The Bertz CT molecular complexity index is 302. The summed E-state index contributed by atoms with van der Waals surface area (Å²) in [6, 6.07) is 0. The molecule has 0 unspecified atom stereocenters. The minimum atomic E-state index is 0.303. The highest BCUT2D eigenvalue weighted by molar-refractivity contribution is 4.90. The number of likely N-dealkylation sites (tertiary alicyclic amines) is 2. The molecule has 3 heteroatoms. The van der Waals surface area contributed by atoms with Gasteiger partial charge in [-0.25, -0.2) is 0 Å². The van der Waals surface area contributed by atoms with Crippen LogP contribution in [0, 0.1) is 5.92 Å². The minimum Gasteiger partial charge on any atom is -0.375 e. The van der Waals surface area contributed by atoms with Crippen molar-refractivity contribution in [3.8, 4) is 0 Å². The Morgan fingerprint density at radius 2 is 1.35 bits per heavy atom. The summed E-state index contributed by atoms with van der Waals surface area (Å²) in [6.07, 6.45) is 3.08. The molecule has 2 rings (SSSR count). The van der Waals surface area contributed by atoms with Crippen molar-refractivity contribution >= 4 is 0 Å². The lowest BCUT2D eigenvalue weighted by atomic mass is 9.93. The van der Waals surface area contributed by atoms with Gasteiger partial charge in [0.15, 0.2) is 0 Å². The molecule has 0 saturated carbocycles. The van der Waals surface area contributed by atoms with E-state index in [2.05, 4.69) is 51.3 Å². The van der Waals surface area contributed by atoms with Crippen molar-refractivity contribution in [3.63, 3.8) is 0 Å². The topological polar surface area (TPSA) is 15.7 Å². The Hall–Kier alpha value is -0.120. The first kappa shape index (κ1) is 16.3. The van der Waals surface area contributed by atoms with Gasteiger partial charge < -0.3 is 4.74 Å². The average molecular weight is 282 g/mol. The molecular formula is C17H34N2O. The molecule has 2 aliphatic heterocycles. The van der Waals surface area contributed by atoms with Gasteiger partial charge in [0, 0.05) is 30.8 Å². The van der Waals surface area contributed by atoms with E-state index in [-0.39, 0.29) is 0 Å². The molecular weight excluding hydrogens is 248 g/mol. The Balaban J connectivity index is 1.61. The molecule has 0 aromatic rings. The quantitative estimate of drug-likeness (QED) is 0.791. The Kier molecular flexibility index (Phi) is 4.83. The Labute approximate surface area is 125 Å². The van der Waals surface area contributed by atoms with E-state index in [1.54, 1.807) is 0 Å². The lowest BCUT2D eigenvalue weighted by molar-refractivity contribution is -0.101. The number of piperidine rings is 1. The number of ether oxygens (including phenoxy) is 1. The number of hydrogen-bond donors (Lipinski definition) is 0. The maximum Gasteiger partial charge on any atom is 0.0829 e. The Morgan fingerprint density at radius 1 is 0.850 bits per heavy atom. The largest absolute Gasteiger partial charge is 0.375 e. The van der Waals surface area contributed by atoms with E-state index in [0.29, 0.717) is 17.2 Å². The fraction of sp³-hybridized carbons (Fsp3) is 1.00. The summed E-state index contributed by atoms with van der Waals surface area (Å²) in [6.45, 7) is 19.5. The van der Waals surface area contributed by atoms with E-state index in [4.69, 9.17) is 4.74 Å². The molecule has 0 amide bonds. The predicted molar refractivity (Wildman–Crippen MR) is 85.1 cm³/mol. The molecule has 0 N–H and O–H groups in total. The van der Waals surface area contributed by atoms with Crippen LogP contribution < -0.4 is 0 Å². The van der Waals surface area contributed by atoms with Gasteiger partial charge in [-0.3, -0.25) is 9.80 Å². The van der Waals surface area contributed by atoms with Crippen LogP contribution >= 0.6 is 0 Å². The van der Waals surface area contributed by atoms with Crippen LogP contribution in [0.3, 0.4) is 0 Å². The smallest absolute Gasteiger partial charge is 0.0829 e. The fourth-order valence-electron chi connectivity index (χ4n) is 3.13. The molecule has 20 heavy (non-hydrogen) atoms. The molecule has 2 fully saturated rings. The van der Waals surface area contributed by atoms with Crippen molar-refractivity contribution in [3.05, 3.63) is 0 Å². The van der Waals surface area contributed by atoms with E-state index >= 15 is 0 Å². The molecule has 2 heterocycles. The molecule has 0 aromatic heterocycles. The zero-order chi connectivity index (χ0) is 15.0. The predicted octanol–water partition coefficient (Wildman–Crippen LogP) is 3.00. The van der Waals surface area contributed by atoms with Gasteiger partial charge in [-0.15, -0.1) is 0 Å². The summed E-state index contributed by atoms with van der Waals surface area (Å²) in [5.74, 6) is 0.775. The van der Waals surface area contributed by atoms with Crippen LogP contribution in [-0.4, -0.2) is 59.8 Å². The summed E-state index contributed by atoms with van der Waals surface area (Å²) in [5.41, 5.74) is 0.630. The van der Waals surface area contributed by atoms with E-state index in [9.17, 15) is 0 Å². The second-order valence-corrected chi connectivity index (χ2v) is 8.63. The normalized spacial score (nSPS) is 24.9. The summed E-state index contributed by atoms with van der Waals surface area (Å²) in [4.78, 5) is 5.11. The zero-order valence-corrected chi connectivity index (χ0v) is 14.4. The second kappa shape index (κ2) is 5.94. The van der Waals surface area contributed by atoms with Gasteiger partial charge in [-0.2, -0.15) is 0 Å². The van der Waals surface area contributed by atoms with Crippen LogP contribution in [0.1, 0.15) is 54.4 Å². The second-order valence-electron chi connectivity index (χ2n) is 8.63. The molecule has 0 aromatic carbocycles. The van der Waals surface area contributed by atoms with Crippen molar-refractivity contribution < 1.29 is 4.74 Å². The van der Waals surface area contributed by atoms with E-state index in [1.807, 2.05) is 0 Å². The highest BCUT2D eigenvalue weighted by atomic mass is 16.5. The maximum absolute atomic E-state index is 6.10. The van der Waals surface area contributed by atoms with E-state index in [1.165, 1.54) is 25.9 Å². The third-order valence-corrected chi connectivity index (χ3v) is 4.93. The van der Waals surface area contributed by atoms with Gasteiger partial charge >= 0.3 is 0 Å². The van der Waals surface area contributed by atoms with Gasteiger partial charge in [0.2, 0.25) is 0 Å². The fourth-order valence-corrected chi connectivity index (χ4v) is 3.13. The molecule has 0 bridgehead atoms. The standard InChI is InChI=1S/C17H34N2O/c1-16(2,3)18-9-7-14(8-10-18)13-20-15-11-19(12-15)17(4,5)6/h14-15H,7-13H2,1-6H3. The highest BCUT2D eigenvalue weighted by Crippen LogP contribution is 2.26. The number of hydrogen-bond acceptors (Lipinski definition) is 3. The first-order chi connectivity index (χ1) is 9.16. The molecule has 3 nitrogen and oxygen atoms in total. The van der Waals surface area contributed by atoms with E-state index < -0.39 is 0 Å². The first-order valence-corrected chi connectivity index (χ1v) is 8.28. The number of nitrogens with zero attached hydrogens (tertiary/aromatic N) is 2. The monoisotopic (exact) mass is 282 g/mol. The van der Waals surface area contributed by atoms with Crippen LogP contribution in [0.25, 0.3) is 0 Å². The minimum absolute atomic E-state index is 0.303. The SMILES string of the molecule is CC(C)(C)N1CCC(COC2CN(C(C)(C)C)C2)CC1. The van der Waals surface area contributed by atoms with Gasteiger partial charge in [0.1, 0.15) is 0 Å². The van der Waals surface area contributed by atoms with Crippen molar-refractivity contribution in [1.82, 2.24) is 9.80 Å². The molecule has 2 aliphatic rings. The molecule has 2 saturated heterocycles. The summed E-state index contributed by atoms with van der Waals surface area (Å²) in [5, 5.41) is 0. The van der Waals surface area contributed by atoms with Gasteiger partial charge in [0.05, 0.1) is 6.10 Å². The Morgan fingerprint density at radius 3 is 1.80 bits per heavy atom. The molecule has 0 atom stereocenters. The van der Waals surface area contributed by atoms with Crippen molar-refractivity contribution in [2.24, 2.45) is 5.92 Å². The third-order valence-electron chi connectivity index (χ3n) is 4.93. The van der Waals surface area contributed by atoms with Crippen LogP contribution in [-0.2, 0) is 4.74 Å². The average Bonchev–Trinajstić information content (AvgIpc) is 2.24. The van der Waals surface area contributed by atoms with Crippen LogP contribution in [0.4, 0.5) is 0 Å². The van der Waals surface area contributed by atoms with Crippen LogP contribution in [0.2, 0.25) is 0 Å². The lowest BCUT2D eigenvalue weighted by Gasteiger charge is -2.48. The van der Waals surface area contributed by atoms with E-state index in [0.717, 1.165) is 25.6 Å². The highest BCUT2D eigenvalue weighted by Gasteiger charge is 2.35. The van der Waals surface area contributed by atoms with Crippen molar-refractivity contribution in [2.45, 2.75) is 71.6 Å². The summed E-state index contributed by atoms with van der Waals surface area (Å²) >= 11 is 0. The maximum atomic E-state index is 6.10. The molecule has 0 aliphatic carbocycles. The van der Waals surface area contributed by atoms with Crippen LogP contribution in [0.5, 0.6) is 0 Å². The lowest BCUT2D eigenvalue weighted by Crippen LogP contribution is -2.59. The van der Waals surface area contributed by atoms with Crippen molar-refractivity contribution in [1.29, 1.82) is 0 Å². The van der Waals surface area contributed by atoms with Gasteiger partial charge in [0.25, 0.3) is 0 Å². The van der Waals surface area contributed by atoms with Crippen LogP contribution in [0.15, 0.2) is 0 Å². The van der Waals surface area contributed by atoms with Gasteiger partial charge in [-0.1, -0.05) is 0 Å². The summed E-state index contributed by atoms with van der Waals surface area (Å²) in [7, 11) is 0. The molecule has 118 valence electrons. The van der Waals surface area contributed by atoms with Crippen molar-refractivity contribution in [2.75, 3.05) is 32.8 Å². The molecule has 0 spiro atoms. The zero-order valence-electron chi connectivity index (χ0n) is 14.4. The third kappa shape index (κ3) is 4.19. The first-order valence-electron chi connectivity index (χ1n) is 8.28. The summed E-state index contributed by atoms with van der Waals surface area (Å²) < 4.78 is 6.10. The van der Waals surface area contributed by atoms with Gasteiger partial charge in [-0.05, 0) is 73.4 Å². The molecule has 0 radical (unpaired) electrons.